The van der Waals surface area contributed by atoms with Crippen LogP contribution in [0.1, 0.15) is 41.2 Å². The zero-order valence-electron chi connectivity index (χ0n) is 18.9. The van der Waals surface area contributed by atoms with Crippen molar-refractivity contribution in [2.45, 2.75) is 45.4 Å². The fraction of sp³-hybridized carbons (Fsp3) is 0.241. The van der Waals surface area contributed by atoms with Crippen LogP contribution >= 0.6 is 0 Å². The molecule has 0 nitrogen and oxygen atoms in total. The average molecular weight is 469 g/mol. The maximum atomic E-state index is 15.1. The van der Waals surface area contributed by atoms with Crippen molar-refractivity contribution < 1.29 is 22.0 Å². The van der Waals surface area contributed by atoms with E-state index >= 15 is 4.39 Å². The summed E-state index contributed by atoms with van der Waals surface area (Å²) in [6, 6.07) is 16.2. The molecule has 0 fully saturated rings. The summed E-state index contributed by atoms with van der Waals surface area (Å²) in [6.45, 7) is 2.06. The first-order valence-corrected chi connectivity index (χ1v) is 11.5. The lowest BCUT2D eigenvalue weighted by atomic mass is 9.97. The third-order valence-electron chi connectivity index (χ3n) is 6.16. The van der Waals surface area contributed by atoms with Crippen molar-refractivity contribution in [1.29, 1.82) is 0 Å². The van der Waals surface area contributed by atoms with Crippen LogP contribution in [0.5, 0.6) is 0 Å². The van der Waals surface area contributed by atoms with Crippen LogP contribution in [-0.4, -0.2) is 0 Å². The summed E-state index contributed by atoms with van der Waals surface area (Å²) in [5.74, 6) is -4.59. The Morgan fingerprint density at radius 2 is 1.09 bits per heavy atom. The summed E-state index contributed by atoms with van der Waals surface area (Å²) in [6.07, 6.45) is 3.41. The van der Waals surface area contributed by atoms with Gasteiger partial charge < -0.3 is 0 Å². The summed E-state index contributed by atoms with van der Waals surface area (Å²) in [5.41, 5.74) is 3.32. The molecule has 0 saturated heterocycles. The maximum absolute atomic E-state index is 15.1. The zero-order chi connectivity index (χ0) is 24.2. The lowest BCUT2D eigenvalue weighted by Gasteiger charge is -2.10. The first kappa shape index (κ1) is 23.9. The predicted octanol–water partition coefficient (Wildman–Crippen LogP) is 8.06. The Labute approximate surface area is 196 Å². The number of rotatable bonds is 8. The Bertz CT molecular complexity index is 1300. The fourth-order valence-electron chi connectivity index (χ4n) is 4.28. The van der Waals surface area contributed by atoms with E-state index in [-0.39, 0.29) is 30.0 Å². The van der Waals surface area contributed by atoms with Crippen LogP contribution in [0, 0.1) is 29.1 Å². The molecule has 0 saturated carbocycles. The highest BCUT2D eigenvalue weighted by molar-refractivity contribution is 5.84. The summed E-state index contributed by atoms with van der Waals surface area (Å²) < 4.78 is 69.4. The second kappa shape index (κ2) is 10.4. The molecule has 5 heteroatoms. The highest BCUT2D eigenvalue weighted by atomic mass is 19.2. The molecule has 0 aliphatic heterocycles. The van der Waals surface area contributed by atoms with E-state index in [9.17, 15) is 17.6 Å². The van der Waals surface area contributed by atoms with Gasteiger partial charge in [-0.05, 0) is 83.5 Å². The van der Waals surface area contributed by atoms with Gasteiger partial charge in [-0.1, -0.05) is 55.8 Å². The summed E-state index contributed by atoms with van der Waals surface area (Å²) >= 11 is 0. The lowest BCUT2D eigenvalue weighted by Crippen LogP contribution is -2.00. The molecule has 4 rings (SSSR count). The molecule has 0 amide bonds. The molecule has 0 bridgehead atoms. The Hall–Kier alpha value is -3.21. The van der Waals surface area contributed by atoms with Crippen molar-refractivity contribution in [1.82, 2.24) is 0 Å². The van der Waals surface area contributed by atoms with E-state index < -0.39 is 17.5 Å². The average Bonchev–Trinajstić information content (AvgIpc) is 2.81. The molecule has 0 heterocycles. The molecule has 0 aliphatic carbocycles. The Balaban J connectivity index is 1.46. The molecule has 176 valence electrons. The largest absolute Gasteiger partial charge is 0.207 e. The van der Waals surface area contributed by atoms with Gasteiger partial charge in [0.2, 0.25) is 0 Å². The SMILES string of the molecule is CCCc1ccc(CCc2ccc3c(F)c(CCc4cc(F)c(F)c(F)c4)ccc3c2)c(F)c1. The van der Waals surface area contributed by atoms with Gasteiger partial charge >= 0.3 is 0 Å². The van der Waals surface area contributed by atoms with Gasteiger partial charge in [-0.3, -0.25) is 0 Å². The molecular formula is C29H25F5. The monoisotopic (exact) mass is 468 g/mol. The number of halogens is 5. The van der Waals surface area contributed by atoms with Crippen molar-refractivity contribution in [3.8, 4) is 0 Å². The van der Waals surface area contributed by atoms with Crippen molar-refractivity contribution in [3.63, 3.8) is 0 Å². The predicted molar refractivity (Wildman–Crippen MR) is 125 cm³/mol. The molecule has 4 aromatic rings. The normalized spacial score (nSPS) is 11.4. The first-order valence-electron chi connectivity index (χ1n) is 11.5. The van der Waals surface area contributed by atoms with E-state index in [1.165, 1.54) is 0 Å². The van der Waals surface area contributed by atoms with E-state index in [1.54, 1.807) is 18.2 Å². The third kappa shape index (κ3) is 5.30. The van der Waals surface area contributed by atoms with Gasteiger partial charge in [0.05, 0.1) is 0 Å². The first-order chi connectivity index (χ1) is 16.4. The fourth-order valence-corrected chi connectivity index (χ4v) is 4.28. The molecule has 0 aliphatic rings. The minimum Gasteiger partial charge on any atom is -0.207 e. The van der Waals surface area contributed by atoms with Gasteiger partial charge in [0.1, 0.15) is 11.6 Å². The van der Waals surface area contributed by atoms with Crippen LogP contribution in [0.3, 0.4) is 0 Å². The second-order valence-electron chi connectivity index (χ2n) is 8.64. The Morgan fingerprint density at radius 3 is 1.79 bits per heavy atom. The molecule has 0 spiro atoms. The maximum Gasteiger partial charge on any atom is 0.194 e. The van der Waals surface area contributed by atoms with Gasteiger partial charge in [-0.15, -0.1) is 0 Å². The molecule has 0 N–H and O–H groups in total. The van der Waals surface area contributed by atoms with Gasteiger partial charge in [0.25, 0.3) is 0 Å². The molecule has 4 aromatic carbocycles. The van der Waals surface area contributed by atoms with Crippen molar-refractivity contribution >= 4 is 10.8 Å². The van der Waals surface area contributed by atoms with E-state index in [1.807, 2.05) is 30.3 Å². The van der Waals surface area contributed by atoms with Crippen LogP contribution in [-0.2, 0) is 32.1 Å². The van der Waals surface area contributed by atoms with Crippen LogP contribution in [0.4, 0.5) is 22.0 Å². The van der Waals surface area contributed by atoms with Crippen molar-refractivity contribution in [3.05, 3.63) is 118 Å². The molecular weight excluding hydrogens is 443 g/mol. The zero-order valence-corrected chi connectivity index (χ0v) is 18.9. The van der Waals surface area contributed by atoms with Crippen LogP contribution in [0.25, 0.3) is 10.8 Å². The van der Waals surface area contributed by atoms with Gasteiger partial charge in [0, 0.05) is 5.39 Å². The topological polar surface area (TPSA) is 0 Å². The van der Waals surface area contributed by atoms with Gasteiger partial charge in [-0.25, -0.2) is 22.0 Å². The molecule has 0 radical (unpaired) electrons. The van der Waals surface area contributed by atoms with E-state index in [0.717, 1.165) is 41.5 Å². The van der Waals surface area contributed by atoms with Crippen molar-refractivity contribution in [2.24, 2.45) is 0 Å². The van der Waals surface area contributed by atoms with E-state index in [4.69, 9.17) is 0 Å². The van der Waals surface area contributed by atoms with E-state index in [2.05, 4.69) is 6.92 Å². The molecule has 0 aromatic heterocycles. The second-order valence-corrected chi connectivity index (χ2v) is 8.64. The number of hydrogen-bond acceptors (Lipinski definition) is 0. The summed E-state index contributed by atoms with van der Waals surface area (Å²) in [5, 5.41) is 1.18. The Kier molecular flexibility index (Phi) is 7.30. The van der Waals surface area contributed by atoms with Crippen molar-refractivity contribution in [2.75, 3.05) is 0 Å². The smallest absolute Gasteiger partial charge is 0.194 e. The summed E-state index contributed by atoms with van der Waals surface area (Å²) in [4.78, 5) is 0. The quantitative estimate of drug-likeness (QED) is 0.181. The number of fused-ring (bicyclic) bond motifs is 1. The highest BCUT2D eigenvalue weighted by Crippen LogP contribution is 2.25. The number of aryl methyl sites for hydroxylation is 5. The third-order valence-corrected chi connectivity index (χ3v) is 6.16. The Morgan fingerprint density at radius 1 is 0.500 bits per heavy atom. The van der Waals surface area contributed by atoms with Crippen LogP contribution < -0.4 is 0 Å². The number of hydrogen-bond donors (Lipinski definition) is 0. The van der Waals surface area contributed by atoms with Crippen LogP contribution in [0.15, 0.2) is 60.7 Å². The standard InChI is InChI=1S/C29H25F5/c1-2-3-18-4-8-21(25(30)15-18)9-5-19-7-13-24-23(14-19)12-11-22(28(24)33)10-6-20-16-26(31)29(34)27(32)17-20/h4,7-8,11-17H,2-3,5-6,9-10H2,1H3. The lowest BCUT2D eigenvalue weighted by molar-refractivity contribution is 0.445. The highest BCUT2D eigenvalue weighted by Gasteiger charge is 2.13. The summed E-state index contributed by atoms with van der Waals surface area (Å²) in [7, 11) is 0. The molecule has 34 heavy (non-hydrogen) atoms. The minimum atomic E-state index is -1.51. The van der Waals surface area contributed by atoms with Gasteiger partial charge in [0.15, 0.2) is 17.5 Å². The minimum absolute atomic E-state index is 0.178. The van der Waals surface area contributed by atoms with E-state index in [0.29, 0.717) is 29.4 Å². The molecule has 0 atom stereocenters. The molecule has 0 unspecified atom stereocenters. The van der Waals surface area contributed by atoms with Gasteiger partial charge in [-0.2, -0.15) is 0 Å². The number of benzene rings is 4. The van der Waals surface area contributed by atoms with Crippen LogP contribution in [0.2, 0.25) is 0 Å².